The molecule has 1 aromatic carbocycles. The van der Waals surface area contributed by atoms with Crippen LogP contribution in [0.3, 0.4) is 0 Å². The van der Waals surface area contributed by atoms with Crippen molar-refractivity contribution in [3.63, 3.8) is 0 Å². The Morgan fingerprint density at radius 3 is 2.90 bits per heavy atom. The van der Waals surface area contributed by atoms with E-state index in [0.29, 0.717) is 19.4 Å². The molecule has 0 saturated carbocycles. The maximum atomic E-state index is 11.7. The van der Waals surface area contributed by atoms with Crippen LogP contribution in [0.5, 0.6) is 0 Å². The van der Waals surface area contributed by atoms with Crippen molar-refractivity contribution >= 4 is 18.0 Å². The number of benzene rings is 1. The van der Waals surface area contributed by atoms with Crippen molar-refractivity contribution in [1.82, 2.24) is 5.32 Å². The molecule has 0 bridgehead atoms. The Morgan fingerprint density at radius 1 is 1.43 bits per heavy atom. The summed E-state index contributed by atoms with van der Waals surface area (Å²) < 4.78 is 5.31. The molecule has 21 heavy (non-hydrogen) atoms. The van der Waals surface area contributed by atoms with E-state index < -0.39 is 12.1 Å². The van der Waals surface area contributed by atoms with E-state index in [1.54, 1.807) is 6.08 Å². The van der Waals surface area contributed by atoms with Gasteiger partial charge in [0.15, 0.2) is 6.10 Å². The third-order valence-electron chi connectivity index (χ3n) is 3.36. The van der Waals surface area contributed by atoms with Gasteiger partial charge in [-0.15, -0.1) is 0 Å². The Labute approximate surface area is 123 Å². The summed E-state index contributed by atoms with van der Waals surface area (Å²) in [4.78, 5) is 22.5. The smallest absolute Gasteiger partial charge is 0.332 e. The fourth-order valence-corrected chi connectivity index (χ4v) is 2.26. The lowest BCUT2D eigenvalue weighted by Crippen LogP contribution is -2.32. The molecule has 2 rings (SSSR count). The SMILES string of the molecule is Cc1cccc(/C=C/C(=O)NCC2CCC(C(=O)O)O2)c1. The average Bonchev–Trinajstić information content (AvgIpc) is 2.92. The lowest BCUT2D eigenvalue weighted by molar-refractivity contribution is -0.149. The largest absolute Gasteiger partial charge is 0.479 e. The second-order valence-corrected chi connectivity index (χ2v) is 5.15. The molecule has 112 valence electrons. The van der Waals surface area contributed by atoms with Gasteiger partial charge in [-0.25, -0.2) is 4.79 Å². The van der Waals surface area contributed by atoms with Crippen LogP contribution in [-0.2, 0) is 14.3 Å². The molecule has 1 aliphatic rings. The lowest BCUT2D eigenvalue weighted by atomic mass is 10.1. The summed E-state index contributed by atoms with van der Waals surface area (Å²) in [6.45, 7) is 2.33. The molecule has 1 aliphatic heterocycles. The van der Waals surface area contributed by atoms with Crippen LogP contribution in [0.2, 0.25) is 0 Å². The maximum absolute atomic E-state index is 11.7. The first-order valence-electron chi connectivity index (χ1n) is 6.95. The molecule has 0 aliphatic carbocycles. The number of ether oxygens (including phenoxy) is 1. The fourth-order valence-electron chi connectivity index (χ4n) is 2.26. The average molecular weight is 289 g/mol. The standard InChI is InChI=1S/C16H19NO4/c1-11-3-2-4-12(9-11)5-8-15(18)17-10-13-6-7-14(21-13)16(19)20/h2-5,8-9,13-14H,6-7,10H2,1H3,(H,17,18)(H,19,20)/b8-5+. The van der Waals surface area contributed by atoms with Crippen LogP contribution in [0.25, 0.3) is 6.08 Å². The summed E-state index contributed by atoms with van der Waals surface area (Å²) in [7, 11) is 0. The highest BCUT2D eigenvalue weighted by molar-refractivity contribution is 5.91. The number of nitrogens with one attached hydrogen (secondary N) is 1. The number of amides is 1. The van der Waals surface area contributed by atoms with Gasteiger partial charge in [0.05, 0.1) is 6.10 Å². The summed E-state index contributed by atoms with van der Waals surface area (Å²) >= 11 is 0. The molecule has 1 amide bonds. The van der Waals surface area contributed by atoms with E-state index in [2.05, 4.69) is 5.32 Å². The first-order valence-corrected chi connectivity index (χ1v) is 6.95. The Kier molecular flexibility index (Phi) is 5.11. The van der Waals surface area contributed by atoms with Gasteiger partial charge in [-0.05, 0) is 31.4 Å². The van der Waals surface area contributed by atoms with Crippen molar-refractivity contribution in [3.05, 3.63) is 41.5 Å². The molecule has 2 unspecified atom stereocenters. The first kappa shape index (κ1) is 15.3. The van der Waals surface area contributed by atoms with Crippen molar-refractivity contribution in [3.8, 4) is 0 Å². The van der Waals surface area contributed by atoms with Crippen LogP contribution >= 0.6 is 0 Å². The molecule has 5 heteroatoms. The summed E-state index contributed by atoms with van der Waals surface area (Å²) in [5.74, 6) is -1.15. The third kappa shape index (κ3) is 4.72. The quantitative estimate of drug-likeness (QED) is 0.810. The number of hydrogen-bond acceptors (Lipinski definition) is 3. The normalized spacial score (nSPS) is 21.6. The van der Waals surface area contributed by atoms with Gasteiger partial charge < -0.3 is 15.2 Å². The number of carboxylic acids is 1. The summed E-state index contributed by atoms with van der Waals surface area (Å²) in [5.41, 5.74) is 2.10. The van der Waals surface area contributed by atoms with E-state index in [0.717, 1.165) is 11.1 Å². The molecular weight excluding hydrogens is 270 g/mol. The zero-order valence-corrected chi connectivity index (χ0v) is 11.9. The van der Waals surface area contributed by atoms with E-state index in [-0.39, 0.29) is 12.0 Å². The van der Waals surface area contributed by atoms with Crippen LogP contribution < -0.4 is 5.32 Å². The van der Waals surface area contributed by atoms with Crippen molar-refractivity contribution in [2.45, 2.75) is 32.0 Å². The number of carbonyl (C=O) groups excluding carboxylic acids is 1. The number of carbonyl (C=O) groups is 2. The third-order valence-corrected chi connectivity index (χ3v) is 3.36. The molecule has 1 heterocycles. The van der Waals surface area contributed by atoms with Gasteiger partial charge in [-0.3, -0.25) is 4.79 Å². The molecule has 1 fully saturated rings. The zero-order valence-electron chi connectivity index (χ0n) is 11.9. The molecule has 2 N–H and O–H groups in total. The Morgan fingerprint density at radius 2 is 2.24 bits per heavy atom. The van der Waals surface area contributed by atoms with Crippen molar-refractivity contribution in [2.24, 2.45) is 0 Å². The van der Waals surface area contributed by atoms with E-state index >= 15 is 0 Å². The minimum atomic E-state index is -0.942. The minimum Gasteiger partial charge on any atom is -0.479 e. The molecule has 0 spiro atoms. The van der Waals surface area contributed by atoms with Crippen LogP contribution in [-0.4, -0.2) is 35.7 Å². The second kappa shape index (κ2) is 7.04. The van der Waals surface area contributed by atoms with Crippen LogP contribution in [0.1, 0.15) is 24.0 Å². The Hall–Kier alpha value is -2.14. The van der Waals surface area contributed by atoms with Gasteiger partial charge in [0, 0.05) is 12.6 Å². The van der Waals surface area contributed by atoms with Crippen molar-refractivity contribution in [2.75, 3.05) is 6.54 Å². The van der Waals surface area contributed by atoms with Crippen molar-refractivity contribution in [1.29, 1.82) is 0 Å². The summed E-state index contributed by atoms with van der Waals surface area (Å²) in [5, 5.41) is 11.5. The van der Waals surface area contributed by atoms with Gasteiger partial charge in [0.1, 0.15) is 0 Å². The van der Waals surface area contributed by atoms with Gasteiger partial charge in [-0.2, -0.15) is 0 Å². The Bertz CT molecular complexity index is 553. The van der Waals surface area contributed by atoms with Gasteiger partial charge in [-0.1, -0.05) is 29.8 Å². The topological polar surface area (TPSA) is 75.6 Å². The van der Waals surface area contributed by atoms with E-state index in [1.165, 1.54) is 6.08 Å². The predicted octanol–water partition coefficient (Wildman–Crippen LogP) is 1.76. The molecule has 1 aromatic rings. The van der Waals surface area contributed by atoms with Crippen molar-refractivity contribution < 1.29 is 19.4 Å². The number of aliphatic carboxylic acids is 1. The lowest BCUT2D eigenvalue weighted by Gasteiger charge is -2.11. The number of carboxylic acid groups (broad SMARTS) is 1. The monoisotopic (exact) mass is 289 g/mol. The summed E-state index contributed by atoms with van der Waals surface area (Å²) in [6, 6.07) is 7.84. The van der Waals surface area contributed by atoms with E-state index in [9.17, 15) is 9.59 Å². The highest BCUT2D eigenvalue weighted by Crippen LogP contribution is 2.19. The van der Waals surface area contributed by atoms with Crippen LogP contribution in [0.15, 0.2) is 30.3 Å². The molecule has 2 atom stereocenters. The first-order chi connectivity index (χ1) is 10.0. The van der Waals surface area contributed by atoms with Crippen LogP contribution in [0, 0.1) is 6.92 Å². The molecule has 5 nitrogen and oxygen atoms in total. The van der Waals surface area contributed by atoms with E-state index in [4.69, 9.17) is 9.84 Å². The molecular formula is C16H19NO4. The highest BCUT2D eigenvalue weighted by atomic mass is 16.5. The molecule has 0 aromatic heterocycles. The number of aryl methyl sites for hydroxylation is 1. The van der Waals surface area contributed by atoms with Crippen LogP contribution in [0.4, 0.5) is 0 Å². The highest BCUT2D eigenvalue weighted by Gasteiger charge is 2.30. The Balaban J connectivity index is 1.76. The number of hydrogen-bond donors (Lipinski definition) is 2. The summed E-state index contributed by atoms with van der Waals surface area (Å²) in [6.07, 6.45) is 3.40. The van der Waals surface area contributed by atoms with Gasteiger partial charge in [0.2, 0.25) is 5.91 Å². The second-order valence-electron chi connectivity index (χ2n) is 5.15. The molecule has 0 radical (unpaired) electrons. The van der Waals surface area contributed by atoms with Gasteiger partial charge >= 0.3 is 5.97 Å². The molecule has 1 saturated heterocycles. The fraction of sp³-hybridized carbons (Fsp3) is 0.375. The predicted molar refractivity (Wildman–Crippen MR) is 78.8 cm³/mol. The maximum Gasteiger partial charge on any atom is 0.332 e. The minimum absolute atomic E-state index is 0.209. The van der Waals surface area contributed by atoms with E-state index in [1.807, 2.05) is 31.2 Å². The zero-order chi connectivity index (χ0) is 15.2. The van der Waals surface area contributed by atoms with Gasteiger partial charge in [0.25, 0.3) is 0 Å². The number of rotatable bonds is 5.